The van der Waals surface area contributed by atoms with E-state index in [2.05, 4.69) is 31.0 Å². The largest absolute Gasteiger partial charge is 0.469 e. The average Bonchev–Trinajstić information content (AvgIpc) is 3.30. The molecule has 1 atom stereocenters. The van der Waals surface area contributed by atoms with E-state index in [-0.39, 0.29) is 18.3 Å². The normalized spacial score (nSPS) is 16.9. The summed E-state index contributed by atoms with van der Waals surface area (Å²) in [6.45, 7) is 4.62. The number of anilines is 1. The first-order valence-corrected chi connectivity index (χ1v) is 9.35. The summed E-state index contributed by atoms with van der Waals surface area (Å²) in [5.74, 6) is 0.128. The number of rotatable bonds is 4. The summed E-state index contributed by atoms with van der Waals surface area (Å²) >= 11 is 0. The Labute approximate surface area is 163 Å². The molecule has 0 aliphatic carbocycles. The van der Waals surface area contributed by atoms with Gasteiger partial charge in [-0.2, -0.15) is 0 Å². The number of benzene rings is 2. The fraction of sp³-hybridized carbons (Fsp3) is 0.318. The topological polar surface area (TPSA) is 72.6 Å². The molecule has 1 fully saturated rings. The van der Waals surface area contributed by atoms with Gasteiger partial charge in [-0.15, -0.1) is 0 Å². The van der Waals surface area contributed by atoms with Gasteiger partial charge in [0, 0.05) is 24.2 Å². The third-order valence-electron chi connectivity index (χ3n) is 5.17. The number of hydrogen-bond donors (Lipinski definition) is 0. The summed E-state index contributed by atoms with van der Waals surface area (Å²) in [5.41, 5.74) is 4.21. The first kappa shape index (κ1) is 18.2. The van der Waals surface area contributed by atoms with Crippen molar-refractivity contribution in [2.75, 3.05) is 18.6 Å². The number of oxazole rings is 1. The number of aromatic nitrogens is 1. The van der Waals surface area contributed by atoms with Gasteiger partial charge in [-0.1, -0.05) is 26.0 Å². The molecule has 1 aromatic heterocycles. The Hall–Kier alpha value is -3.15. The Bertz CT molecular complexity index is 1040. The van der Waals surface area contributed by atoms with Gasteiger partial charge in [0.2, 0.25) is 11.8 Å². The monoisotopic (exact) mass is 378 g/mol. The van der Waals surface area contributed by atoms with Crippen molar-refractivity contribution in [1.29, 1.82) is 0 Å². The van der Waals surface area contributed by atoms with Crippen molar-refractivity contribution < 1.29 is 18.7 Å². The number of ether oxygens (including phenoxy) is 1. The standard InChI is InChI=1S/C22H22N2O4/c1-13(2)14-4-6-15(7-5-14)21-23-18-11-17(8-9-19(18)28-21)24-12-16(10-20(24)25)22(26)27-3/h4-9,11,13,16H,10,12H2,1-3H3. The molecule has 6 heteroatoms. The molecule has 4 rings (SSSR count). The zero-order valence-electron chi connectivity index (χ0n) is 16.1. The maximum atomic E-state index is 12.3. The van der Waals surface area contributed by atoms with Gasteiger partial charge in [0.1, 0.15) is 5.52 Å². The van der Waals surface area contributed by atoms with E-state index in [0.717, 1.165) is 5.56 Å². The van der Waals surface area contributed by atoms with Crippen LogP contribution in [0.5, 0.6) is 0 Å². The number of nitrogens with zero attached hydrogens (tertiary/aromatic N) is 2. The second-order valence-electron chi connectivity index (χ2n) is 7.38. The number of methoxy groups -OCH3 is 1. The smallest absolute Gasteiger partial charge is 0.311 e. The molecule has 2 heterocycles. The van der Waals surface area contributed by atoms with Gasteiger partial charge in [0.05, 0.1) is 13.0 Å². The van der Waals surface area contributed by atoms with Gasteiger partial charge in [-0.05, 0) is 41.8 Å². The van der Waals surface area contributed by atoms with Gasteiger partial charge in [-0.25, -0.2) is 4.98 Å². The highest BCUT2D eigenvalue weighted by atomic mass is 16.5. The van der Waals surface area contributed by atoms with E-state index in [1.807, 2.05) is 30.3 Å². The lowest BCUT2D eigenvalue weighted by atomic mass is 10.0. The van der Waals surface area contributed by atoms with Gasteiger partial charge in [-0.3, -0.25) is 9.59 Å². The summed E-state index contributed by atoms with van der Waals surface area (Å²) in [4.78, 5) is 30.3. The Morgan fingerprint density at radius 1 is 1.21 bits per heavy atom. The van der Waals surface area contributed by atoms with E-state index in [9.17, 15) is 9.59 Å². The molecular weight excluding hydrogens is 356 g/mol. The third kappa shape index (κ3) is 3.26. The van der Waals surface area contributed by atoms with Crippen LogP contribution in [0.2, 0.25) is 0 Å². The summed E-state index contributed by atoms with van der Waals surface area (Å²) in [5, 5.41) is 0. The summed E-state index contributed by atoms with van der Waals surface area (Å²) in [6, 6.07) is 13.6. The van der Waals surface area contributed by atoms with Crippen molar-refractivity contribution in [3.8, 4) is 11.5 Å². The van der Waals surface area contributed by atoms with Crippen LogP contribution in [0.1, 0.15) is 31.7 Å². The fourth-order valence-corrected chi connectivity index (χ4v) is 3.50. The highest BCUT2D eigenvalue weighted by Gasteiger charge is 2.36. The van der Waals surface area contributed by atoms with Crippen LogP contribution >= 0.6 is 0 Å². The second kappa shape index (κ2) is 7.11. The lowest BCUT2D eigenvalue weighted by Gasteiger charge is -2.16. The quantitative estimate of drug-likeness (QED) is 0.638. The molecule has 28 heavy (non-hydrogen) atoms. The number of fused-ring (bicyclic) bond motifs is 1. The maximum absolute atomic E-state index is 12.3. The molecule has 3 aromatic rings. The Morgan fingerprint density at radius 2 is 1.96 bits per heavy atom. The van der Waals surface area contributed by atoms with Gasteiger partial charge < -0.3 is 14.1 Å². The fourth-order valence-electron chi connectivity index (χ4n) is 3.50. The molecule has 0 N–H and O–H groups in total. The van der Waals surface area contributed by atoms with Gasteiger partial charge >= 0.3 is 5.97 Å². The summed E-state index contributed by atoms with van der Waals surface area (Å²) in [6.07, 6.45) is 0.164. The molecule has 6 nitrogen and oxygen atoms in total. The number of hydrogen-bond acceptors (Lipinski definition) is 5. The minimum absolute atomic E-state index is 0.0947. The summed E-state index contributed by atoms with van der Waals surface area (Å²) < 4.78 is 10.7. The van der Waals surface area contributed by atoms with Crippen LogP contribution in [0.3, 0.4) is 0 Å². The molecule has 2 aromatic carbocycles. The van der Waals surface area contributed by atoms with Gasteiger partial charge in [0.25, 0.3) is 0 Å². The van der Waals surface area contributed by atoms with Crippen LogP contribution in [-0.4, -0.2) is 30.5 Å². The maximum Gasteiger partial charge on any atom is 0.311 e. The number of amides is 1. The van der Waals surface area contributed by atoms with Crippen molar-refractivity contribution in [3.05, 3.63) is 48.0 Å². The first-order valence-electron chi connectivity index (χ1n) is 9.35. The van der Waals surface area contributed by atoms with Crippen LogP contribution in [0.25, 0.3) is 22.6 Å². The van der Waals surface area contributed by atoms with Crippen LogP contribution in [-0.2, 0) is 14.3 Å². The number of esters is 1. The third-order valence-corrected chi connectivity index (χ3v) is 5.17. The molecule has 144 valence electrons. The predicted molar refractivity (Wildman–Crippen MR) is 106 cm³/mol. The van der Waals surface area contributed by atoms with E-state index < -0.39 is 5.92 Å². The van der Waals surface area contributed by atoms with Crippen LogP contribution in [0.4, 0.5) is 5.69 Å². The van der Waals surface area contributed by atoms with E-state index in [4.69, 9.17) is 9.15 Å². The Kier molecular flexibility index (Phi) is 4.63. The van der Waals surface area contributed by atoms with Crippen LogP contribution in [0.15, 0.2) is 46.9 Å². The molecule has 0 radical (unpaired) electrons. The SMILES string of the molecule is COC(=O)C1CC(=O)N(c2ccc3oc(-c4ccc(C(C)C)cc4)nc3c2)C1. The minimum Gasteiger partial charge on any atom is -0.469 e. The highest BCUT2D eigenvalue weighted by molar-refractivity contribution is 6.00. The van der Waals surface area contributed by atoms with Crippen molar-refractivity contribution in [1.82, 2.24) is 4.98 Å². The van der Waals surface area contributed by atoms with Crippen molar-refractivity contribution in [2.45, 2.75) is 26.2 Å². The lowest BCUT2D eigenvalue weighted by Crippen LogP contribution is -2.26. The van der Waals surface area contributed by atoms with Gasteiger partial charge in [0.15, 0.2) is 5.58 Å². The Balaban J connectivity index is 1.62. The van der Waals surface area contributed by atoms with E-state index in [1.54, 1.807) is 4.90 Å². The van der Waals surface area contributed by atoms with Crippen molar-refractivity contribution in [3.63, 3.8) is 0 Å². The molecule has 0 spiro atoms. The Morgan fingerprint density at radius 3 is 2.64 bits per heavy atom. The molecule has 0 saturated carbocycles. The van der Waals surface area contributed by atoms with Crippen molar-refractivity contribution in [2.24, 2.45) is 5.92 Å². The minimum atomic E-state index is -0.430. The zero-order chi connectivity index (χ0) is 19.8. The van der Waals surface area contributed by atoms with E-state index in [1.165, 1.54) is 12.7 Å². The number of carbonyl (C=O) groups excluding carboxylic acids is 2. The summed E-state index contributed by atoms with van der Waals surface area (Å²) in [7, 11) is 1.34. The zero-order valence-corrected chi connectivity index (χ0v) is 16.1. The first-order chi connectivity index (χ1) is 13.5. The molecule has 1 unspecified atom stereocenters. The number of carbonyl (C=O) groups is 2. The average molecular weight is 378 g/mol. The van der Waals surface area contributed by atoms with Crippen LogP contribution < -0.4 is 4.90 Å². The van der Waals surface area contributed by atoms with E-state index >= 15 is 0 Å². The lowest BCUT2D eigenvalue weighted by molar-refractivity contribution is -0.145. The molecule has 1 aliphatic heterocycles. The van der Waals surface area contributed by atoms with Crippen LogP contribution in [0, 0.1) is 5.92 Å². The molecule has 0 bridgehead atoms. The predicted octanol–water partition coefficient (Wildman–Crippen LogP) is 4.14. The van der Waals surface area contributed by atoms with E-state index in [0.29, 0.717) is 35.1 Å². The molecule has 1 aliphatic rings. The second-order valence-corrected chi connectivity index (χ2v) is 7.38. The molecular formula is C22H22N2O4. The molecule has 1 amide bonds. The van der Waals surface area contributed by atoms with Crippen molar-refractivity contribution >= 4 is 28.7 Å². The molecule has 1 saturated heterocycles. The highest BCUT2D eigenvalue weighted by Crippen LogP contribution is 2.31.